The Morgan fingerprint density at radius 2 is 1.90 bits per heavy atom. The van der Waals surface area contributed by atoms with Crippen molar-refractivity contribution in [1.82, 2.24) is 0 Å². The molecule has 0 aromatic heterocycles. The first kappa shape index (κ1) is 21.2. The van der Waals surface area contributed by atoms with Crippen LogP contribution in [0.3, 0.4) is 0 Å². The zero-order valence-corrected chi connectivity index (χ0v) is 20.3. The molecule has 0 spiro atoms. The Morgan fingerprint density at radius 1 is 1.17 bits per heavy atom. The number of carbonyl (C=O) groups excluding carboxylic acids is 1. The first-order chi connectivity index (χ1) is 14.1. The molecule has 2 aromatic carbocycles. The highest BCUT2D eigenvalue weighted by atomic mass is 127. The van der Waals surface area contributed by atoms with Crippen LogP contribution < -0.4 is 9.47 Å². The molecule has 158 valence electrons. The molecule has 0 aliphatic carbocycles. The van der Waals surface area contributed by atoms with Crippen molar-refractivity contribution in [3.8, 4) is 11.5 Å². The van der Waals surface area contributed by atoms with Crippen molar-refractivity contribution in [3.63, 3.8) is 0 Å². The largest absolute Gasteiger partial charge is 0.493 e. The zero-order chi connectivity index (χ0) is 21.8. The molecule has 0 amide bonds. The maximum Gasteiger partial charge on any atom is 0.338 e. The fourth-order valence-corrected chi connectivity index (χ4v) is 5.02. The Kier molecular flexibility index (Phi) is 5.11. The normalized spacial score (nSPS) is 18.0. The van der Waals surface area contributed by atoms with Gasteiger partial charge in [-0.15, -0.1) is 0 Å². The number of rotatable bonds is 3. The van der Waals surface area contributed by atoms with Crippen molar-refractivity contribution in [2.24, 2.45) is 4.99 Å². The predicted molar refractivity (Wildman–Crippen MR) is 125 cm³/mol. The summed E-state index contributed by atoms with van der Waals surface area (Å²) in [5.74, 6) is 1.26. The lowest BCUT2D eigenvalue weighted by Crippen LogP contribution is -2.31. The van der Waals surface area contributed by atoms with E-state index in [2.05, 4.69) is 56.4 Å². The number of carbonyl (C=O) groups is 1. The van der Waals surface area contributed by atoms with Crippen molar-refractivity contribution >= 4 is 34.3 Å². The lowest BCUT2D eigenvalue weighted by atomic mass is 9.75. The molecule has 4 rings (SSSR count). The van der Waals surface area contributed by atoms with E-state index in [1.54, 1.807) is 7.11 Å². The van der Waals surface area contributed by atoms with Crippen LogP contribution in [-0.2, 0) is 16.6 Å². The third-order valence-electron chi connectivity index (χ3n) is 5.79. The van der Waals surface area contributed by atoms with Gasteiger partial charge in [-0.3, -0.25) is 4.99 Å². The number of esters is 1. The molecule has 0 unspecified atom stereocenters. The summed E-state index contributed by atoms with van der Waals surface area (Å²) in [6, 6.07) is 7.88. The third kappa shape index (κ3) is 3.39. The summed E-state index contributed by atoms with van der Waals surface area (Å²) in [6.45, 7) is 9.29. The van der Waals surface area contributed by atoms with E-state index in [-0.39, 0.29) is 17.0 Å². The van der Waals surface area contributed by atoms with Crippen LogP contribution in [0.1, 0.15) is 60.3 Å². The van der Waals surface area contributed by atoms with Gasteiger partial charge in [-0.05, 0) is 60.2 Å². The van der Waals surface area contributed by atoms with Gasteiger partial charge >= 0.3 is 5.97 Å². The Hall–Kier alpha value is -2.09. The van der Waals surface area contributed by atoms with Gasteiger partial charge < -0.3 is 14.2 Å². The van der Waals surface area contributed by atoms with E-state index in [1.165, 1.54) is 12.7 Å². The molecule has 0 saturated heterocycles. The molecule has 2 heterocycles. The Bertz CT molecular complexity index is 1090. The van der Waals surface area contributed by atoms with E-state index >= 15 is 0 Å². The minimum absolute atomic E-state index is 0.118. The monoisotopic (exact) mass is 519 g/mol. The van der Waals surface area contributed by atoms with Gasteiger partial charge in [-0.25, -0.2) is 4.79 Å². The van der Waals surface area contributed by atoms with Crippen molar-refractivity contribution in [2.75, 3.05) is 20.8 Å². The lowest BCUT2D eigenvalue weighted by molar-refractivity contribution is 0.0599. The quantitative estimate of drug-likeness (QED) is 0.427. The topological polar surface area (TPSA) is 57.1 Å². The summed E-state index contributed by atoms with van der Waals surface area (Å²) in [6.07, 6.45) is 0.786. The molecule has 0 saturated carbocycles. The number of benzene rings is 2. The average Bonchev–Trinajstić information content (AvgIpc) is 3.02. The molecule has 30 heavy (non-hydrogen) atoms. The second-order valence-electron chi connectivity index (χ2n) is 9.08. The Labute approximate surface area is 191 Å². The molecule has 2 aromatic rings. The van der Waals surface area contributed by atoms with Gasteiger partial charge in [0.15, 0.2) is 11.5 Å². The van der Waals surface area contributed by atoms with Crippen LogP contribution in [-0.4, -0.2) is 38.0 Å². The molecular formula is C24H26INO4. The Morgan fingerprint density at radius 3 is 2.53 bits per heavy atom. The highest BCUT2D eigenvalue weighted by Gasteiger charge is 2.41. The Balaban J connectivity index is 1.93. The molecule has 0 atom stereocenters. The number of halogens is 1. The number of ether oxygens (including phenoxy) is 3. The van der Waals surface area contributed by atoms with Crippen LogP contribution in [0.15, 0.2) is 29.3 Å². The number of methoxy groups -OCH3 is 2. The van der Waals surface area contributed by atoms with E-state index < -0.39 is 0 Å². The van der Waals surface area contributed by atoms with E-state index in [0.29, 0.717) is 12.1 Å². The third-order valence-corrected chi connectivity index (χ3v) is 6.68. The van der Waals surface area contributed by atoms with Crippen molar-refractivity contribution < 1.29 is 19.0 Å². The summed E-state index contributed by atoms with van der Waals surface area (Å²) in [4.78, 5) is 17.0. The second-order valence-corrected chi connectivity index (χ2v) is 10.2. The zero-order valence-electron chi connectivity index (χ0n) is 18.2. The minimum Gasteiger partial charge on any atom is -0.493 e. The first-order valence-electron chi connectivity index (χ1n) is 9.94. The molecule has 5 nitrogen and oxygen atoms in total. The van der Waals surface area contributed by atoms with Crippen LogP contribution in [0, 0.1) is 3.57 Å². The van der Waals surface area contributed by atoms with Gasteiger partial charge in [-0.1, -0.05) is 19.9 Å². The maximum absolute atomic E-state index is 12.0. The number of nitrogens with zero attached hydrogens (tertiary/aromatic N) is 1. The summed E-state index contributed by atoms with van der Waals surface area (Å²) in [7, 11) is 3.09. The van der Waals surface area contributed by atoms with E-state index in [9.17, 15) is 4.79 Å². The van der Waals surface area contributed by atoms with Crippen LogP contribution in [0.4, 0.5) is 0 Å². The summed E-state index contributed by atoms with van der Waals surface area (Å²) < 4.78 is 17.7. The smallest absolute Gasteiger partial charge is 0.338 e. The second kappa shape index (κ2) is 7.25. The van der Waals surface area contributed by atoms with Crippen LogP contribution >= 0.6 is 22.6 Å². The minimum atomic E-state index is -0.334. The number of hydrogen-bond acceptors (Lipinski definition) is 5. The molecule has 0 fully saturated rings. The summed E-state index contributed by atoms with van der Waals surface area (Å²) in [5, 5.41) is 0. The average molecular weight is 519 g/mol. The summed E-state index contributed by atoms with van der Waals surface area (Å²) in [5.41, 5.74) is 5.56. The van der Waals surface area contributed by atoms with Crippen molar-refractivity contribution in [1.29, 1.82) is 0 Å². The van der Waals surface area contributed by atoms with Gasteiger partial charge in [0.25, 0.3) is 0 Å². The van der Waals surface area contributed by atoms with Crippen molar-refractivity contribution in [3.05, 3.63) is 55.7 Å². The van der Waals surface area contributed by atoms with Gasteiger partial charge in [0, 0.05) is 38.6 Å². The number of hydrogen-bond donors (Lipinski definition) is 0. The number of fused-ring (bicyclic) bond motifs is 3. The van der Waals surface area contributed by atoms with Crippen LogP contribution in [0.2, 0.25) is 0 Å². The number of aliphatic imine (C=N–C) groups is 1. The standard InChI is InChI=1S/C24H26INO4/c1-23(2)12-26-20(13-7-8-14(17(25)9-13)22(27)29-6)19-15-11-24(3,4)30-21(15)18(28-5)10-16(19)23/h7-10H,11-12H2,1-6H3. The van der Waals surface area contributed by atoms with Crippen LogP contribution in [0.5, 0.6) is 11.5 Å². The molecule has 0 N–H and O–H groups in total. The highest BCUT2D eigenvalue weighted by molar-refractivity contribution is 14.1. The van der Waals surface area contributed by atoms with Crippen molar-refractivity contribution in [2.45, 2.75) is 45.1 Å². The maximum atomic E-state index is 12.0. The van der Waals surface area contributed by atoms with Gasteiger partial charge in [0.05, 0.1) is 25.5 Å². The molecule has 0 radical (unpaired) electrons. The predicted octanol–water partition coefficient (Wildman–Crippen LogP) is 4.93. The van der Waals surface area contributed by atoms with E-state index in [0.717, 1.165) is 43.9 Å². The highest BCUT2D eigenvalue weighted by Crippen LogP contribution is 2.49. The van der Waals surface area contributed by atoms with Gasteiger partial charge in [0.1, 0.15) is 5.60 Å². The van der Waals surface area contributed by atoms with E-state index in [1.807, 2.05) is 18.2 Å². The lowest BCUT2D eigenvalue weighted by Gasteiger charge is -2.33. The first-order valence-corrected chi connectivity index (χ1v) is 11.0. The fraction of sp³-hybridized carbons (Fsp3) is 0.417. The molecule has 2 aliphatic heterocycles. The fourth-order valence-electron chi connectivity index (χ4n) is 4.28. The van der Waals surface area contributed by atoms with Gasteiger partial charge in [-0.2, -0.15) is 0 Å². The van der Waals surface area contributed by atoms with Gasteiger partial charge in [0.2, 0.25) is 0 Å². The molecule has 6 heteroatoms. The molecular weight excluding hydrogens is 493 g/mol. The van der Waals surface area contributed by atoms with Crippen LogP contribution in [0.25, 0.3) is 0 Å². The molecule has 2 aliphatic rings. The molecule has 0 bridgehead atoms. The van der Waals surface area contributed by atoms with E-state index in [4.69, 9.17) is 19.2 Å². The SMILES string of the molecule is COC(=O)c1ccc(C2=NCC(C)(C)c3cc(OC)c4c(c32)CC(C)(C)O4)cc1I. The summed E-state index contributed by atoms with van der Waals surface area (Å²) >= 11 is 2.18.